The summed E-state index contributed by atoms with van der Waals surface area (Å²) in [5.41, 5.74) is 1.58. The van der Waals surface area contributed by atoms with Crippen molar-refractivity contribution in [2.24, 2.45) is 0 Å². The fraction of sp³-hybridized carbons (Fsp3) is 0.176. The van der Waals surface area contributed by atoms with Crippen molar-refractivity contribution in [2.75, 3.05) is 25.6 Å². The maximum absolute atomic E-state index is 13.1. The summed E-state index contributed by atoms with van der Waals surface area (Å²) in [5.74, 6) is 0.456. The fourth-order valence-electron chi connectivity index (χ4n) is 2.33. The van der Waals surface area contributed by atoms with E-state index >= 15 is 0 Å². The van der Waals surface area contributed by atoms with Gasteiger partial charge in [-0.3, -0.25) is 0 Å². The maximum atomic E-state index is 13.1. The first kappa shape index (κ1) is 14.4. The number of benzene rings is 2. The van der Waals surface area contributed by atoms with E-state index in [0.29, 0.717) is 13.2 Å². The second-order valence-electron chi connectivity index (χ2n) is 4.87. The predicted molar refractivity (Wildman–Crippen MR) is 85.3 cm³/mol. The van der Waals surface area contributed by atoms with Gasteiger partial charge in [-0.2, -0.15) is 0 Å². The quantitative estimate of drug-likeness (QED) is 0.732. The first-order valence-electron chi connectivity index (χ1n) is 7.04. The van der Waals surface area contributed by atoms with Crippen LogP contribution >= 0.6 is 0 Å². The number of aromatic nitrogens is 2. The summed E-state index contributed by atoms with van der Waals surface area (Å²) in [6, 6.07) is 14.2. The highest BCUT2D eigenvalue weighted by Crippen LogP contribution is 2.29. The van der Waals surface area contributed by atoms with Crippen LogP contribution in [-0.2, 0) is 4.74 Å². The Bertz CT molecular complexity index is 774. The van der Waals surface area contributed by atoms with Gasteiger partial charge in [-0.1, -0.05) is 24.3 Å². The molecule has 0 radical (unpaired) electrons. The van der Waals surface area contributed by atoms with Crippen molar-refractivity contribution in [3.63, 3.8) is 0 Å². The van der Waals surface area contributed by atoms with Gasteiger partial charge in [-0.15, -0.1) is 10.2 Å². The van der Waals surface area contributed by atoms with E-state index in [9.17, 15) is 4.39 Å². The van der Waals surface area contributed by atoms with Gasteiger partial charge >= 0.3 is 0 Å². The van der Waals surface area contributed by atoms with Crippen LogP contribution < -0.4 is 5.32 Å². The lowest BCUT2D eigenvalue weighted by atomic mass is 10.0. The number of rotatable bonds is 5. The Labute approximate surface area is 128 Å². The molecule has 0 spiro atoms. The molecular weight excluding hydrogens is 281 g/mol. The summed E-state index contributed by atoms with van der Waals surface area (Å²) in [6.07, 6.45) is 0. The summed E-state index contributed by atoms with van der Waals surface area (Å²) in [6.45, 7) is 1.25. The number of hydrogen-bond acceptors (Lipinski definition) is 4. The molecule has 5 heteroatoms. The molecule has 0 bridgehead atoms. The normalized spacial score (nSPS) is 10.8. The van der Waals surface area contributed by atoms with Crippen LogP contribution in [0.4, 0.5) is 10.2 Å². The van der Waals surface area contributed by atoms with Crippen molar-refractivity contribution >= 4 is 16.6 Å². The number of nitrogens with zero attached hydrogens (tertiary/aromatic N) is 2. The van der Waals surface area contributed by atoms with E-state index in [2.05, 4.69) is 15.5 Å². The summed E-state index contributed by atoms with van der Waals surface area (Å²) in [7, 11) is 1.66. The molecule has 0 saturated carbocycles. The van der Waals surface area contributed by atoms with E-state index < -0.39 is 0 Å². The molecule has 2 aromatic carbocycles. The third-order valence-corrected chi connectivity index (χ3v) is 3.40. The van der Waals surface area contributed by atoms with Crippen molar-refractivity contribution in [2.45, 2.75) is 0 Å². The highest BCUT2D eigenvalue weighted by Gasteiger charge is 2.10. The van der Waals surface area contributed by atoms with Crippen LogP contribution in [0, 0.1) is 5.82 Å². The molecule has 0 fully saturated rings. The van der Waals surface area contributed by atoms with Gasteiger partial charge in [0.1, 0.15) is 11.5 Å². The van der Waals surface area contributed by atoms with E-state index in [1.807, 2.05) is 24.3 Å². The molecule has 1 aromatic heterocycles. The van der Waals surface area contributed by atoms with Gasteiger partial charge in [0, 0.05) is 30.0 Å². The molecule has 0 saturated heterocycles. The van der Waals surface area contributed by atoms with Crippen molar-refractivity contribution < 1.29 is 9.13 Å². The first-order chi connectivity index (χ1) is 10.8. The average Bonchev–Trinajstić information content (AvgIpc) is 2.56. The summed E-state index contributed by atoms with van der Waals surface area (Å²) < 4.78 is 18.1. The van der Waals surface area contributed by atoms with Gasteiger partial charge in [0.25, 0.3) is 0 Å². The maximum Gasteiger partial charge on any atom is 0.156 e. The van der Waals surface area contributed by atoms with Crippen LogP contribution in [-0.4, -0.2) is 30.5 Å². The zero-order chi connectivity index (χ0) is 15.4. The average molecular weight is 297 g/mol. The van der Waals surface area contributed by atoms with Crippen LogP contribution in [0.1, 0.15) is 0 Å². The zero-order valence-corrected chi connectivity index (χ0v) is 12.2. The highest BCUT2D eigenvalue weighted by atomic mass is 19.1. The smallest absolute Gasteiger partial charge is 0.156 e. The Morgan fingerprint density at radius 3 is 2.45 bits per heavy atom. The lowest BCUT2D eigenvalue weighted by Gasteiger charge is -2.10. The molecule has 22 heavy (non-hydrogen) atoms. The minimum atomic E-state index is -0.265. The Kier molecular flexibility index (Phi) is 4.25. The van der Waals surface area contributed by atoms with Crippen molar-refractivity contribution in [1.82, 2.24) is 10.2 Å². The number of anilines is 1. The molecule has 0 aliphatic rings. The topological polar surface area (TPSA) is 47.0 Å². The third-order valence-electron chi connectivity index (χ3n) is 3.40. The molecule has 3 aromatic rings. The van der Waals surface area contributed by atoms with Gasteiger partial charge in [0.05, 0.1) is 6.61 Å². The second-order valence-corrected chi connectivity index (χ2v) is 4.87. The largest absolute Gasteiger partial charge is 0.383 e. The standard InChI is InChI=1S/C17H16FN3O/c1-22-11-10-19-17-15-5-3-2-4-14(15)16(20-21-17)12-6-8-13(18)9-7-12/h2-9H,10-11H2,1H3,(H,19,21). The molecule has 0 aliphatic carbocycles. The Balaban J connectivity index is 2.06. The second kappa shape index (κ2) is 6.49. The monoisotopic (exact) mass is 297 g/mol. The summed E-state index contributed by atoms with van der Waals surface area (Å²) >= 11 is 0. The number of hydrogen-bond donors (Lipinski definition) is 1. The molecule has 0 amide bonds. The predicted octanol–water partition coefficient (Wildman–Crippen LogP) is 3.49. The molecule has 0 aliphatic heterocycles. The molecule has 1 heterocycles. The van der Waals surface area contributed by atoms with Gasteiger partial charge in [-0.25, -0.2) is 4.39 Å². The number of halogens is 1. The minimum Gasteiger partial charge on any atom is -0.383 e. The van der Waals surface area contributed by atoms with Crippen LogP contribution in [0.2, 0.25) is 0 Å². The molecule has 1 N–H and O–H groups in total. The molecule has 0 unspecified atom stereocenters. The highest BCUT2D eigenvalue weighted by molar-refractivity contribution is 5.99. The van der Waals surface area contributed by atoms with Crippen molar-refractivity contribution in [1.29, 1.82) is 0 Å². The van der Waals surface area contributed by atoms with Crippen LogP contribution in [0.3, 0.4) is 0 Å². The zero-order valence-electron chi connectivity index (χ0n) is 12.2. The first-order valence-corrected chi connectivity index (χ1v) is 7.04. The number of ether oxygens (including phenoxy) is 1. The van der Waals surface area contributed by atoms with Gasteiger partial charge < -0.3 is 10.1 Å². The summed E-state index contributed by atoms with van der Waals surface area (Å²) in [4.78, 5) is 0. The van der Waals surface area contributed by atoms with E-state index in [0.717, 1.165) is 27.8 Å². The van der Waals surface area contributed by atoms with E-state index in [4.69, 9.17) is 4.74 Å². The molecule has 112 valence electrons. The number of nitrogens with one attached hydrogen (secondary N) is 1. The van der Waals surface area contributed by atoms with Crippen LogP contribution in [0.15, 0.2) is 48.5 Å². The molecule has 4 nitrogen and oxygen atoms in total. The van der Waals surface area contributed by atoms with Gasteiger partial charge in [0.2, 0.25) is 0 Å². The number of methoxy groups -OCH3 is 1. The van der Waals surface area contributed by atoms with E-state index in [1.165, 1.54) is 12.1 Å². The SMILES string of the molecule is COCCNc1nnc(-c2ccc(F)cc2)c2ccccc12. The number of fused-ring (bicyclic) bond motifs is 1. The van der Waals surface area contributed by atoms with Gasteiger partial charge in [-0.05, 0) is 24.3 Å². The lowest BCUT2D eigenvalue weighted by Crippen LogP contribution is -2.10. The molecular formula is C17H16FN3O. The van der Waals surface area contributed by atoms with E-state index in [-0.39, 0.29) is 5.82 Å². The van der Waals surface area contributed by atoms with Crippen molar-refractivity contribution in [3.05, 3.63) is 54.3 Å². The Morgan fingerprint density at radius 2 is 1.73 bits per heavy atom. The molecule has 3 rings (SSSR count). The fourth-order valence-corrected chi connectivity index (χ4v) is 2.33. The van der Waals surface area contributed by atoms with Crippen LogP contribution in [0.5, 0.6) is 0 Å². The summed E-state index contributed by atoms with van der Waals surface area (Å²) in [5, 5.41) is 13.8. The third kappa shape index (κ3) is 2.89. The van der Waals surface area contributed by atoms with E-state index in [1.54, 1.807) is 19.2 Å². The molecule has 0 atom stereocenters. The minimum absolute atomic E-state index is 0.265. The lowest BCUT2D eigenvalue weighted by molar-refractivity contribution is 0.210. The Hall–Kier alpha value is -2.53. The Morgan fingerprint density at radius 1 is 1.00 bits per heavy atom. The van der Waals surface area contributed by atoms with Crippen LogP contribution in [0.25, 0.3) is 22.0 Å². The van der Waals surface area contributed by atoms with Crippen molar-refractivity contribution in [3.8, 4) is 11.3 Å². The van der Waals surface area contributed by atoms with Gasteiger partial charge in [0.15, 0.2) is 5.82 Å².